The second-order valence-corrected chi connectivity index (χ2v) is 5.29. The maximum absolute atomic E-state index is 14.8. The minimum absolute atomic E-state index is 0.203. The largest absolute Gasteiger partial charge is 0.410 e. The molecule has 2 aromatic heterocycles. The van der Waals surface area contributed by atoms with Crippen LogP contribution in [-0.2, 0) is 5.92 Å². The lowest BCUT2D eigenvalue weighted by atomic mass is 9.99. The smallest absolute Gasteiger partial charge is 0.320 e. The molecule has 0 aliphatic heterocycles. The molecule has 0 radical (unpaired) electrons. The fraction of sp³-hybridized carbons (Fsp3) is 0.0625. The zero-order chi connectivity index (χ0) is 17.3. The van der Waals surface area contributed by atoms with Gasteiger partial charge in [0, 0.05) is 17.1 Å². The van der Waals surface area contributed by atoms with Gasteiger partial charge in [0.15, 0.2) is 11.5 Å². The Morgan fingerprint density at radius 2 is 1.96 bits per heavy atom. The van der Waals surface area contributed by atoms with E-state index in [-0.39, 0.29) is 5.15 Å². The summed E-state index contributed by atoms with van der Waals surface area (Å²) in [6, 6.07) is 8.90. The summed E-state index contributed by atoms with van der Waals surface area (Å²) in [4.78, 5) is 7.54. The highest BCUT2D eigenvalue weighted by atomic mass is 35.5. The number of benzene rings is 1. The standard InChI is InChI=1S/C16H9ClF3N3O/c17-13-6-4-11(18)14(22-13)15(23-24)16(19,20)10-3-5-12-9(8-10)2-1-7-21-12/h1-8,24H/b23-15+. The van der Waals surface area contributed by atoms with Gasteiger partial charge in [0.25, 0.3) is 0 Å². The lowest BCUT2D eigenvalue weighted by Crippen LogP contribution is -2.29. The van der Waals surface area contributed by atoms with Crippen molar-refractivity contribution >= 4 is 28.2 Å². The molecular formula is C16H9ClF3N3O. The normalized spacial score (nSPS) is 12.6. The number of hydrogen-bond donors (Lipinski definition) is 1. The second kappa shape index (κ2) is 6.09. The Hall–Kier alpha value is -2.67. The quantitative estimate of drug-likeness (QED) is 0.329. The predicted molar refractivity (Wildman–Crippen MR) is 83.2 cm³/mol. The zero-order valence-electron chi connectivity index (χ0n) is 11.9. The fourth-order valence-corrected chi connectivity index (χ4v) is 2.40. The first-order valence-electron chi connectivity index (χ1n) is 6.71. The van der Waals surface area contributed by atoms with Gasteiger partial charge in [-0.3, -0.25) is 4.98 Å². The van der Waals surface area contributed by atoms with Gasteiger partial charge in [0.1, 0.15) is 10.8 Å². The Morgan fingerprint density at radius 3 is 2.71 bits per heavy atom. The molecule has 3 aromatic rings. The van der Waals surface area contributed by atoms with E-state index in [1.165, 1.54) is 18.3 Å². The van der Waals surface area contributed by atoms with Crippen LogP contribution in [0.2, 0.25) is 5.15 Å². The molecule has 4 nitrogen and oxygen atoms in total. The summed E-state index contributed by atoms with van der Waals surface area (Å²) in [6.45, 7) is 0. The van der Waals surface area contributed by atoms with Crippen LogP contribution in [0.25, 0.3) is 10.9 Å². The van der Waals surface area contributed by atoms with Gasteiger partial charge < -0.3 is 5.21 Å². The number of pyridine rings is 2. The average molecular weight is 352 g/mol. The molecule has 0 unspecified atom stereocenters. The van der Waals surface area contributed by atoms with Gasteiger partial charge in [-0.05, 0) is 30.3 Å². The minimum atomic E-state index is -3.79. The molecular weight excluding hydrogens is 343 g/mol. The Labute approximate surface area is 139 Å². The lowest BCUT2D eigenvalue weighted by Gasteiger charge is -2.18. The SMILES string of the molecule is O/N=C(\c1nc(Cl)ccc1F)C(F)(F)c1ccc2ncccc2c1. The summed E-state index contributed by atoms with van der Waals surface area (Å²) in [5.41, 5.74) is -2.02. The average Bonchev–Trinajstić information content (AvgIpc) is 2.58. The predicted octanol–water partition coefficient (Wildman–Crippen LogP) is 4.39. The maximum atomic E-state index is 14.8. The molecule has 1 N–H and O–H groups in total. The van der Waals surface area contributed by atoms with E-state index in [2.05, 4.69) is 15.1 Å². The third kappa shape index (κ3) is 2.78. The summed E-state index contributed by atoms with van der Waals surface area (Å²) in [6.07, 6.45) is 1.53. The van der Waals surface area contributed by atoms with Crippen molar-refractivity contribution < 1.29 is 18.4 Å². The summed E-state index contributed by atoms with van der Waals surface area (Å²) < 4.78 is 43.4. The van der Waals surface area contributed by atoms with Crippen molar-refractivity contribution in [2.45, 2.75) is 5.92 Å². The van der Waals surface area contributed by atoms with E-state index in [4.69, 9.17) is 16.8 Å². The molecule has 0 saturated heterocycles. The molecule has 0 atom stereocenters. The lowest BCUT2D eigenvalue weighted by molar-refractivity contribution is 0.0719. The fourth-order valence-electron chi connectivity index (χ4n) is 2.25. The number of aromatic nitrogens is 2. The van der Waals surface area contributed by atoms with E-state index in [0.717, 1.165) is 18.2 Å². The zero-order valence-corrected chi connectivity index (χ0v) is 12.7. The van der Waals surface area contributed by atoms with Crippen LogP contribution in [0.5, 0.6) is 0 Å². The topological polar surface area (TPSA) is 58.4 Å². The number of oxime groups is 1. The molecule has 8 heteroatoms. The number of alkyl halides is 2. The van der Waals surface area contributed by atoms with Crippen LogP contribution in [-0.4, -0.2) is 20.9 Å². The monoisotopic (exact) mass is 351 g/mol. The minimum Gasteiger partial charge on any atom is -0.410 e. The Bertz CT molecular complexity index is 947. The van der Waals surface area contributed by atoms with E-state index in [1.54, 1.807) is 12.1 Å². The summed E-state index contributed by atoms with van der Waals surface area (Å²) >= 11 is 5.62. The first-order chi connectivity index (χ1) is 11.4. The van der Waals surface area contributed by atoms with Crippen LogP contribution in [0.3, 0.4) is 0 Å². The van der Waals surface area contributed by atoms with Gasteiger partial charge in [-0.1, -0.05) is 28.9 Å². The van der Waals surface area contributed by atoms with Crippen LogP contribution < -0.4 is 0 Å². The van der Waals surface area contributed by atoms with Gasteiger partial charge >= 0.3 is 5.92 Å². The molecule has 0 bridgehead atoms. The number of halogens is 4. The van der Waals surface area contributed by atoms with Crippen molar-refractivity contribution in [3.63, 3.8) is 0 Å². The first-order valence-corrected chi connectivity index (χ1v) is 7.09. The molecule has 0 fully saturated rings. The molecule has 2 heterocycles. The van der Waals surface area contributed by atoms with Gasteiger partial charge in [0.2, 0.25) is 0 Å². The molecule has 0 amide bonds. The Balaban J connectivity index is 2.14. The first kappa shape index (κ1) is 16.2. The molecule has 24 heavy (non-hydrogen) atoms. The van der Waals surface area contributed by atoms with Crippen molar-refractivity contribution in [3.05, 3.63) is 70.9 Å². The van der Waals surface area contributed by atoms with E-state index >= 15 is 0 Å². The third-order valence-corrected chi connectivity index (χ3v) is 3.61. The van der Waals surface area contributed by atoms with E-state index < -0.39 is 28.7 Å². The summed E-state index contributed by atoms with van der Waals surface area (Å²) in [7, 11) is 0. The third-order valence-electron chi connectivity index (χ3n) is 3.40. The van der Waals surface area contributed by atoms with Crippen LogP contribution >= 0.6 is 11.6 Å². The van der Waals surface area contributed by atoms with Crippen molar-refractivity contribution in [2.24, 2.45) is 5.16 Å². The van der Waals surface area contributed by atoms with Gasteiger partial charge in [-0.2, -0.15) is 8.78 Å². The second-order valence-electron chi connectivity index (χ2n) is 4.90. The number of rotatable bonds is 3. The van der Waals surface area contributed by atoms with Gasteiger partial charge in [-0.15, -0.1) is 0 Å². The number of fused-ring (bicyclic) bond motifs is 1. The molecule has 3 rings (SSSR count). The van der Waals surface area contributed by atoms with Crippen molar-refractivity contribution in [3.8, 4) is 0 Å². The number of hydrogen-bond acceptors (Lipinski definition) is 4. The van der Waals surface area contributed by atoms with Crippen molar-refractivity contribution in [2.75, 3.05) is 0 Å². The molecule has 1 aromatic carbocycles. The number of nitrogens with zero attached hydrogens (tertiary/aromatic N) is 3. The van der Waals surface area contributed by atoms with Gasteiger partial charge in [0.05, 0.1) is 5.52 Å². The molecule has 0 spiro atoms. The summed E-state index contributed by atoms with van der Waals surface area (Å²) in [5.74, 6) is -4.87. The highest BCUT2D eigenvalue weighted by Gasteiger charge is 2.42. The van der Waals surface area contributed by atoms with Gasteiger partial charge in [-0.25, -0.2) is 9.37 Å². The summed E-state index contributed by atoms with van der Waals surface area (Å²) in [5, 5.41) is 11.9. The molecule has 122 valence electrons. The van der Waals surface area contributed by atoms with Crippen molar-refractivity contribution in [1.82, 2.24) is 9.97 Å². The van der Waals surface area contributed by atoms with Crippen LogP contribution in [0.1, 0.15) is 11.3 Å². The molecule has 0 aliphatic carbocycles. The van der Waals surface area contributed by atoms with Crippen LogP contribution in [0, 0.1) is 5.82 Å². The van der Waals surface area contributed by atoms with Crippen molar-refractivity contribution in [1.29, 1.82) is 0 Å². The Kier molecular flexibility index (Phi) is 4.11. The van der Waals surface area contributed by atoms with Crippen LogP contribution in [0.4, 0.5) is 13.2 Å². The maximum Gasteiger partial charge on any atom is 0.320 e. The van der Waals surface area contributed by atoms with E-state index in [9.17, 15) is 13.2 Å². The highest BCUT2D eigenvalue weighted by molar-refractivity contribution is 6.29. The molecule has 0 aliphatic rings. The van der Waals surface area contributed by atoms with E-state index in [1.807, 2.05) is 0 Å². The van der Waals surface area contributed by atoms with Crippen LogP contribution in [0.15, 0.2) is 53.8 Å². The molecule has 0 saturated carbocycles. The van der Waals surface area contributed by atoms with E-state index in [0.29, 0.717) is 10.9 Å². The Morgan fingerprint density at radius 1 is 1.17 bits per heavy atom. The highest BCUT2D eigenvalue weighted by Crippen LogP contribution is 2.34.